The van der Waals surface area contributed by atoms with Crippen LogP contribution in [0.4, 0.5) is 0 Å². The molecule has 0 amide bonds. The van der Waals surface area contributed by atoms with E-state index in [4.69, 9.17) is 0 Å². The molecule has 2 heterocycles. The molecule has 0 aliphatic rings. The summed E-state index contributed by atoms with van der Waals surface area (Å²) in [6.45, 7) is 0. The van der Waals surface area contributed by atoms with Gasteiger partial charge in [-0.15, -0.1) is 5.10 Å². The Kier molecular flexibility index (Phi) is 1.85. The monoisotopic (exact) mass is 252 g/mol. The Morgan fingerprint density at radius 2 is 1.74 bits per heavy atom. The normalized spacial score (nSPS) is 11.4. The first-order valence-corrected chi connectivity index (χ1v) is 5.68. The zero-order chi connectivity index (χ0) is 12.8. The van der Waals surface area contributed by atoms with Crippen molar-refractivity contribution in [2.24, 2.45) is 0 Å². The second-order valence-electron chi connectivity index (χ2n) is 4.15. The molecule has 7 nitrogen and oxygen atoms in total. The fraction of sp³-hybridized carbons (Fsp3) is 0. The molecule has 4 aromatic rings. The van der Waals surface area contributed by atoms with E-state index in [1.807, 2.05) is 30.3 Å². The summed E-state index contributed by atoms with van der Waals surface area (Å²) in [5, 5.41) is 28.0. The van der Waals surface area contributed by atoms with Crippen molar-refractivity contribution in [3.8, 4) is 11.1 Å². The number of aromatic amines is 1. The van der Waals surface area contributed by atoms with Crippen molar-refractivity contribution in [3.63, 3.8) is 0 Å². The molecule has 0 atom stereocenters. The Morgan fingerprint density at radius 3 is 2.63 bits per heavy atom. The molecule has 2 aromatic carbocycles. The van der Waals surface area contributed by atoms with Crippen LogP contribution in [-0.2, 0) is 0 Å². The smallest absolute Gasteiger partial charge is 0.131 e. The van der Waals surface area contributed by atoms with Crippen LogP contribution in [0.25, 0.3) is 33.2 Å². The van der Waals surface area contributed by atoms with Gasteiger partial charge in [-0.2, -0.15) is 15.4 Å². The van der Waals surface area contributed by atoms with Crippen LogP contribution in [0.2, 0.25) is 0 Å². The van der Waals surface area contributed by atoms with Gasteiger partial charge in [0.15, 0.2) is 0 Å². The summed E-state index contributed by atoms with van der Waals surface area (Å²) in [5.41, 5.74) is 4.49. The lowest BCUT2D eigenvalue weighted by molar-refractivity contribution is 0.155. The highest BCUT2D eigenvalue weighted by Gasteiger charge is 2.13. The molecule has 4 rings (SSSR count). The Bertz CT molecular complexity index is 893. The van der Waals surface area contributed by atoms with Gasteiger partial charge < -0.3 is 5.21 Å². The molecule has 0 saturated carbocycles. The van der Waals surface area contributed by atoms with Crippen LogP contribution >= 0.6 is 0 Å². The third kappa shape index (κ3) is 1.32. The standard InChI is InChI=1S/C12H8N6O/c19-18-10-6-2-4-8(12(10)15-17-18)7-3-1-5-9-11(7)14-16-13-9/h1-6,19H,(H,13,14,16). The summed E-state index contributed by atoms with van der Waals surface area (Å²) >= 11 is 0. The van der Waals surface area contributed by atoms with Crippen LogP contribution in [0, 0.1) is 0 Å². The zero-order valence-electron chi connectivity index (χ0n) is 9.65. The number of aromatic nitrogens is 6. The lowest BCUT2D eigenvalue weighted by Gasteiger charge is -2.02. The van der Waals surface area contributed by atoms with E-state index >= 15 is 0 Å². The van der Waals surface area contributed by atoms with Gasteiger partial charge in [0.05, 0.1) is 0 Å². The first-order chi connectivity index (χ1) is 9.34. The molecular weight excluding hydrogens is 244 g/mol. The van der Waals surface area contributed by atoms with Crippen LogP contribution in [-0.4, -0.2) is 35.8 Å². The summed E-state index contributed by atoms with van der Waals surface area (Å²) in [6, 6.07) is 11.2. The summed E-state index contributed by atoms with van der Waals surface area (Å²) in [7, 11) is 0. The topological polar surface area (TPSA) is 92.5 Å². The Labute approximate surface area is 106 Å². The lowest BCUT2D eigenvalue weighted by atomic mass is 10.0. The largest absolute Gasteiger partial charge is 0.410 e. The van der Waals surface area contributed by atoms with E-state index in [1.165, 1.54) is 0 Å². The number of H-pyrrole nitrogens is 1. The highest BCUT2D eigenvalue weighted by atomic mass is 16.5. The number of nitrogens with zero attached hydrogens (tertiary/aromatic N) is 5. The van der Waals surface area contributed by atoms with Crippen LogP contribution in [0.15, 0.2) is 36.4 Å². The highest BCUT2D eigenvalue weighted by molar-refractivity contribution is 6.00. The fourth-order valence-corrected chi connectivity index (χ4v) is 2.24. The molecule has 7 heteroatoms. The molecule has 2 N–H and O–H groups in total. The number of hydrogen-bond donors (Lipinski definition) is 2. The maximum absolute atomic E-state index is 9.56. The first kappa shape index (κ1) is 10.0. The molecule has 0 radical (unpaired) electrons. The minimum atomic E-state index is 0.554. The number of fused-ring (bicyclic) bond motifs is 2. The SMILES string of the molecule is On1nnc2c(-c3cccc4n[nH]nc34)cccc21. The number of nitrogens with one attached hydrogen (secondary N) is 1. The number of benzene rings is 2. The minimum absolute atomic E-state index is 0.554. The maximum Gasteiger partial charge on any atom is 0.131 e. The Balaban J connectivity index is 2.12. The molecule has 0 aliphatic heterocycles. The van der Waals surface area contributed by atoms with Gasteiger partial charge in [-0.3, -0.25) is 0 Å². The van der Waals surface area contributed by atoms with Gasteiger partial charge in [-0.25, -0.2) is 0 Å². The van der Waals surface area contributed by atoms with Crippen LogP contribution < -0.4 is 0 Å². The van der Waals surface area contributed by atoms with Crippen molar-refractivity contribution >= 4 is 22.1 Å². The summed E-state index contributed by atoms with van der Waals surface area (Å²) in [6.07, 6.45) is 0. The quantitative estimate of drug-likeness (QED) is 0.502. The van der Waals surface area contributed by atoms with Crippen molar-refractivity contribution in [1.82, 2.24) is 30.6 Å². The predicted octanol–water partition coefficient (Wildman–Crippen LogP) is 1.61. The van der Waals surface area contributed by atoms with Crippen LogP contribution in [0.5, 0.6) is 0 Å². The van der Waals surface area contributed by atoms with E-state index in [9.17, 15) is 5.21 Å². The number of para-hydroxylation sites is 1. The molecule has 0 aliphatic carbocycles. The average molecular weight is 252 g/mol. The van der Waals surface area contributed by atoms with E-state index in [1.54, 1.807) is 6.07 Å². The van der Waals surface area contributed by atoms with Crippen molar-refractivity contribution in [1.29, 1.82) is 0 Å². The average Bonchev–Trinajstić information content (AvgIpc) is 3.05. The molecule has 0 spiro atoms. The summed E-state index contributed by atoms with van der Waals surface area (Å²) in [4.78, 5) is 0.766. The maximum atomic E-state index is 9.56. The minimum Gasteiger partial charge on any atom is -0.410 e. The summed E-state index contributed by atoms with van der Waals surface area (Å²) < 4.78 is 0. The highest BCUT2D eigenvalue weighted by Crippen LogP contribution is 2.30. The Morgan fingerprint density at radius 1 is 0.947 bits per heavy atom. The van der Waals surface area contributed by atoms with Crippen molar-refractivity contribution in [3.05, 3.63) is 36.4 Å². The molecule has 19 heavy (non-hydrogen) atoms. The number of hydrogen-bond acceptors (Lipinski definition) is 5. The molecule has 0 saturated heterocycles. The van der Waals surface area contributed by atoms with Crippen molar-refractivity contribution in [2.75, 3.05) is 0 Å². The fourth-order valence-electron chi connectivity index (χ4n) is 2.24. The van der Waals surface area contributed by atoms with Gasteiger partial charge in [0.25, 0.3) is 0 Å². The molecule has 0 bridgehead atoms. The van der Waals surface area contributed by atoms with Gasteiger partial charge >= 0.3 is 0 Å². The van der Waals surface area contributed by atoms with E-state index in [0.717, 1.165) is 27.0 Å². The van der Waals surface area contributed by atoms with E-state index < -0.39 is 0 Å². The second-order valence-corrected chi connectivity index (χ2v) is 4.15. The number of rotatable bonds is 1. The van der Waals surface area contributed by atoms with E-state index in [2.05, 4.69) is 25.7 Å². The lowest BCUT2D eigenvalue weighted by Crippen LogP contribution is -1.91. The van der Waals surface area contributed by atoms with Gasteiger partial charge in [-0.05, 0) is 17.3 Å². The van der Waals surface area contributed by atoms with Crippen LogP contribution in [0.3, 0.4) is 0 Å². The van der Waals surface area contributed by atoms with Gasteiger partial charge in [0.1, 0.15) is 22.1 Å². The third-order valence-electron chi connectivity index (χ3n) is 3.10. The van der Waals surface area contributed by atoms with Gasteiger partial charge in [-0.1, -0.05) is 29.1 Å². The van der Waals surface area contributed by atoms with Gasteiger partial charge in [0.2, 0.25) is 0 Å². The molecule has 92 valence electrons. The third-order valence-corrected chi connectivity index (χ3v) is 3.10. The van der Waals surface area contributed by atoms with Crippen molar-refractivity contribution < 1.29 is 5.21 Å². The van der Waals surface area contributed by atoms with E-state index in [-0.39, 0.29) is 0 Å². The van der Waals surface area contributed by atoms with Crippen LogP contribution in [0.1, 0.15) is 0 Å². The molecular formula is C12H8N6O. The van der Waals surface area contributed by atoms with Gasteiger partial charge in [0, 0.05) is 11.1 Å². The predicted molar refractivity (Wildman–Crippen MR) is 67.6 cm³/mol. The first-order valence-electron chi connectivity index (χ1n) is 5.68. The van der Waals surface area contributed by atoms with Crippen molar-refractivity contribution in [2.45, 2.75) is 0 Å². The molecule has 0 fully saturated rings. The second kappa shape index (κ2) is 3.52. The summed E-state index contributed by atoms with van der Waals surface area (Å²) in [5.74, 6) is 0. The zero-order valence-corrected chi connectivity index (χ0v) is 9.65. The molecule has 2 aromatic heterocycles. The Hall–Kier alpha value is -2.96. The van der Waals surface area contributed by atoms with E-state index in [0.29, 0.717) is 11.0 Å². The molecule has 0 unspecified atom stereocenters.